The summed E-state index contributed by atoms with van der Waals surface area (Å²) in [5.41, 5.74) is 2.38. The van der Waals surface area contributed by atoms with E-state index >= 15 is 0 Å². The molecule has 1 aliphatic carbocycles. The van der Waals surface area contributed by atoms with Crippen LogP contribution in [-0.4, -0.2) is 78.7 Å². The van der Waals surface area contributed by atoms with Crippen molar-refractivity contribution in [3.63, 3.8) is 0 Å². The van der Waals surface area contributed by atoms with Gasteiger partial charge in [0.05, 0.1) is 12.3 Å². The molecule has 2 aromatic heterocycles. The first-order valence-electron chi connectivity index (χ1n) is 13.2. The Morgan fingerprint density at radius 1 is 1.20 bits per heavy atom. The molecular formula is C28H30N6O6. The zero-order valence-electron chi connectivity index (χ0n) is 22.4. The average molecular weight is 547 g/mol. The summed E-state index contributed by atoms with van der Waals surface area (Å²) in [6.45, 7) is 1.32. The number of carbonyl (C=O) groups is 2. The molecule has 40 heavy (non-hydrogen) atoms. The van der Waals surface area contributed by atoms with Crippen molar-refractivity contribution in [3.05, 3.63) is 46.4 Å². The highest BCUT2D eigenvalue weighted by atomic mass is 16.5. The fourth-order valence-electron chi connectivity index (χ4n) is 5.32. The summed E-state index contributed by atoms with van der Waals surface area (Å²) in [6, 6.07) is 5.01. The summed E-state index contributed by atoms with van der Waals surface area (Å²) in [6.07, 6.45) is 5.22. The van der Waals surface area contributed by atoms with Crippen molar-refractivity contribution in [2.45, 2.75) is 57.0 Å². The summed E-state index contributed by atoms with van der Waals surface area (Å²) >= 11 is 0. The number of pyridine rings is 2. The number of carbonyl (C=O) groups excluding carboxylic acids is 3. The van der Waals surface area contributed by atoms with Crippen molar-refractivity contribution in [1.29, 1.82) is 5.26 Å². The van der Waals surface area contributed by atoms with Crippen molar-refractivity contribution < 1.29 is 28.6 Å². The molecule has 208 valence electrons. The molecule has 0 aromatic carbocycles. The van der Waals surface area contributed by atoms with E-state index in [1.165, 1.54) is 17.2 Å². The van der Waals surface area contributed by atoms with E-state index in [4.69, 9.17) is 14.2 Å². The van der Waals surface area contributed by atoms with Crippen LogP contribution in [0.3, 0.4) is 0 Å². The van der Waals surface area contributed by atoms with E-state index in [1.807, 2.05) is 16.9 Å². The standard InChI is InChI=1S/C28H30N6O6/c1-38-22-7-9-33(21(22)16-36)14-18-10-17-4-3-8-34(27(17)31-20(18)15-35)28(37)32-26-11-25(19(12-29)13-30-26)40-24-6-5-23(24)39-2/h10-11,13,15,22-24H,3-9,14H2,1-2H3,(H,30,32,37)/t22-,23-,24+/m1/s1. The van der Waals surface area contributed by atoms with E-state index in [0.717, 1.165) is 18.4 Å². The van der Waals surface area contributed by atoms with E-state index in [1.54, 1.807) is 14.2 Å². The van der Waals surface area contributed by atoms with Crippen LogP contribution in [0.5, 0.6) is 5.75 Å². The van der Waals surface area contributed by atoms with Crippen LogP contribution in [0.15, 0.2) is 24.0 Å². The highest BCUT2D eigenvalue weighted by Crippen LogP contribution is 2.32. The normalized spacial score (nSPS) is 21.6. The van der Waals surface area contributed by atoms with Crippen LogP contribution >= 0.6 is 0 Å². The summed E-state index contributed by atoms with van der Waals surface area (Å²) in [5.74, 6) is 2.92. The average Bonchev–Trinajstić information content (AvgIpc) is 3.36. The minimum Gasteiger partial charge on any atom is -0.486 e. The predicted octanol–water partition coefficient (Wildman–Crippen LogP) is 2.64. The molecule has 12 heteroatoms. The van der Waals surface area contributed by atoms with Gasteiger partial charge in [-0.25, -0.2) is 19.6 Å². The van der Waals surface area contributed by atoms with Crippen LogP contribution in [0.2, 0.25) is 0 Å². The van der Waals surface area contributed by atoms with E-state index in [0.29, 0.717) is 68.0 Å². The fourth-order valence-corrected chi connectivity index (χ4v) is 5.32. The van der Waals surface area contributed by atoms with Gasteiger partial charge in [0.25, 0.3) is 0 Å². The Bertz CT molecular complexity index is 1400. The molecule has 2 fully saturated rings. The Kier molecular flexibility index (Phi) is 8.07. The van der Waals surface area contributed by atoms with Crippen molar-refractivity contribution in [2.75, 3.05) is 37.5 Å². The lowest BCUT2D eigenvalue weighted by molar-refractivity contribution is -0.0626. The highest BCUT2D eigenvalue weighted by Gasteiger charge is 2.34. The molecule has 0 bridgehead atoms. The quantitative estimate of drug-likeness (QED) is 0.387. The van der Waals surface area contributed by atoms with Gasteiger partial charge in [-0.1, -0.05) is 0 Å². The number of aryl methyl sites for hydroxylation is 1. The summed E-state index contributed by atoms with van der Waals surface area (Å²) in [5, 5.41) is 12.3. The van der Waals surface area contributed by atoms with Gasteiger partial charge >= 0.3 is 6.03 Å². The van der Waals surface area contributed by atoms with E-state index in [2.05, 4.69) is 21.4 Å². The number of nitrogens with one attached hydrogen (secondary N) is 1. The number of nitriles is 1. The predicted molar refractivity (Wildman–Crippen MR) is 143 cm³/mol. The Morgan fingerprint density at radius 2 is 2.02 bits per heavy atom. The molecule has 3 atom stereocenters. The van der Waals surface area contributed by atoms with Gasteiger partial charge in [0.15, 0.2) is 6.29 Å². The Labute approximate surface area is 231 Å². The summed E-state index contributed by atoms with van der Waals surface area (Å²) in [7, 11) is 3.17. The maximum Gasteiger partial charge on any atom is 0.328 e. The minimum atomic E-state index is -0.465. The number of urea groups is 1. The molecule has 0 radical (unpaired) electrons. The number of anilines is 2. The second kappa shape index (κ2) is 11.8. The SMILES string of the molecule is CO[C@@H]1CCN(Cc2cc3c(nc2C=O)N(C(=O)Nc2cc(O[C@H]4CC[C@H]4OC)c(C#N)cn2)CCC3)C1=C=O. The van der Waals surface area contributed by atoms with Gasteiger partial charge in [-0.2, -0.15) is 5.26 Å². The minimum absolute atomic E-state index is 0.0431. The second-order valence-corrected chi connectivity index (χ2v) is 9.93. The van der Waals surface area contributed by atoms with Crippen molar-refractivity contribution in [3.8, 4) is 11.8 Å². The Hall–Kier alpha value is -4.30. The third kappa shape index (κ3) is 5.27. The first kappa shape index (κ1) is 27.3. The van der Waals surface area contributed by atoms with Crippen LogP contribution in [0, 0.1) is 11.3 Å². The van der Waals surface area contributed by atoms with Crippen LogP contribution in [-0.2, 0) is 27.2 Å². The molecule has 2 amide bonds. The molecular weight excluding hydrogens is 516 g/mol. The molecule has 1 N–H and O–H groups in total. The number of amides is 2. The zero-order chi connectivity index (χ0) is 28.2. The van der Waals surface area contributed by atoms with Crippen LogP contribution in [0.25, 0.3) is 0 Å². The number of methoxy groups -OCH3 is 2. The number of hydrogen-bond donors (Lipinski definition) is 1. The molecule has 0 unspecified atom stereocenters. The summed E-state index contributed by atoms with van der Waals surface area (Å²) < 4.78 is 16.7. The maximum atomic E-state index is 13.4. The highest BCUT2D eigenvalue weighted by molar-refractivity contribution is 6.01. The lowest BCUT2D eigenvalue weighted by atomic mass is 9.92. The Morgan fingerprint density at radius 3 is 2.70 bits per heavy atom. The number of ether oxygens (including phenoxy) is 3. The number of aromatic nitrogens is 2. The van der Waals surface area contributed by atoms with Crippen LogP contribution < -0.4 is 15.0 Å². The topological polar surface area (TPSA) is 147 Å². The molecule has 5 rings (SSSR count). The molecule has 0 spiro atoms. The van der Waals surface area contributed by atoms with Gasteiger partial charge in [0, 0.05) is 45.5 Å². The summed E-state index contributed by atoms with van der Waals surface area (Å²) in [4.78, 5) is 49.0. The van der Waals surface area contributed by atoms with Gasteiger partial charge in [0.1, 0.15) is 58.6 Å². The van der Waals surface area contributed by atoms with Gasteiger partial charge in [-0.05, 0) is 43.7 Å². The largest absolute Gasteiger partial charge is 0.486 e. The van der Waals surface area contributed by atoms with E-state index < -0.39 is 6.03 Å². The van der Waals surface area contributed by atoms with E-state index in [-0.39, 0.29) is 35.4 Å². The second-order valence-electron chi connectivity index (χ2n) is 9.93. The number of rotatable bonds is 8. The first-order valence-corrected chi connectivity index (χ1v) is 13.2. The monoisotopic (exact) mass is 546 g/mol. The Balaban J connectivity index is 1.35. The van der Waals surface area contributed by atoms with Crippen LogP contribution in [0.1, 0.15) is 52.9 Å². The molecule has 12 nitrogen and oxygen atoms in total. The van der Waals surface area contributed by atoms with E-state index in [9.17, 15) is 19.6 Å². The number of hydrogen-bond acceptors (Lipinski definition) is 10. The lowest BCUT2D eigenvalue weighted by Gasteiger charge is -2.35. The molecule has 1 saturated carbocycles. The number of aldehydes is 1. The van der Waals surface area contributed by atoms with Crippen molar-refractivity contribution in [1.82, 2.24) is 14.9 Å². The van der Waals surface area contributed by atoms with Crippen molar-refractivity contribution in [2.24, 2.45) is 0 Å². The molecule has 1 saturated heterocycles. The lowest BCUT2D eigenvalue weighted by Crippen LogP contribution is -2.42. The molecule has 2 aliphatic heterocycles. The van der Waals surface area contributed by atoms with Gasteiger partial charge < -0.3 is 19.1 Å². The number of nitrogens with zero attached hydrogens (tertiary/aromatic N) is 5. The number of likely N-dealkylation sites (tertiary alicyclic amines) is 1. The third-order valence-electron chi connectivity index (χ3n) is 7.64. The van der Waals surface area contributed by atoms with Gasteiger partial charge in [0.2, 0.25) is 0 Å². The first-order chi connectivity index (χ1) is 19.5. The zero-order valence-corrected chi connectivity index (χ0v) is 22.4. The van der Waals surface area contributed by atoms with Crippen LogP contribution in [0.4, 0.5) is 16.4 Å². The molecule has 3 aliphatic rings. The number of fused-ring (bicyclic) bond motifs is 1. The third-order valence-corrected chi connectivity index (χ3v) is 7.64. The fraction of sp³-hybridized carbons (Fsp3) is 0.464. The smallest absolute Gasteiger partial charge is 0.328 e. The van der Waals surface area contributed by atoms with Crippen molar-refractivity contribution >= 4 is 29.9 Å². The van der Waals surface area contributed by atoms with Gasteiger partial charge in [-0.3, -0.25) is 15.0 Å². The molecule has 4 heterocycles. The maximum absolute atomic E-state index is 13.4. The van der Waals surface area contributed by atoms with Gasteiger partial charge in [-0.15, -0.1) is 0 Å². The molecule has 2 aromatic rings.